The van der Waals surface area contributed by atoms with Crippen LogP contribution in [0.3, 0.4) is 0 Å². The smallest absolute Gasteiger partial charge is 0.323 e. The highest BCUT2D eigenvalue weighted by molar-refractivity contribution is 7.18. The monoisotopic (exact) mass is 513 g/mol. The van der Waals surface area contributed by atoms with Gasteiger partial charge in [-0.1, -0.05) is 41.5 Å². The number of hydrogen-bond donors (Lipinski definition) is 3. The van der Waals surface area contributed by atoms with Crippen LogP contribution in [-0.4, -0.2) is 22.5 Å². The number of ether oxygens (including phenoxy) is 1. The summed E-state index contributed by atoms with van der Waals surface area (Å²) in [5, 5.41) is 10.4. The zero-order valence-electron chi connectivity index (χ0n) is 18.1. The van der Waals surface area contributed by atoms with E-state index < -0.39 is 6.03 Å². The average Bonchev–Trinajstić information content (AvgIpc) is 3.30. The summed E-state index contributed by atoms with van der Waals surface area (Å²) in [6.45, 7) is 3.03. The molecule has 7 nitrogen and oxygen atoms in total. The Morgan fingerprint density at radius 3 is 2.53 bits per heavy atom. The van der Waals surface area contributed by atoms with Gasteiger partial charge in [0.25, 0.3) is 0 Å². The van der Waals surface area contributed by atoms with Gasteiger partial charge in [0, 0.05) is 23.8 Å². The van der Waals surface area contributed by atoms with E-state index in [1.54, 1.807) is 41.7 Å². The van der Waals surface area contributed by atoms with Crippen LogP contribution in [0.4, 0.5) is 21.3 Å². The largest absolute Gasteiger partial charge is 0.439 e. The highest BCUT2D eigenvalue weighted by Gasteiger charge is 2.08. The Labute approximate surface area is 211 Å². The fourth-order valence-electron chi connectivity index (χ4n) is 2.92. The van der Waals surface area contributed by atoms with E-state index in [1.165, 1.54) is 6.20 Å². The maximum Gasteiger partial charge on any atom is 0.323 e. The van der Waals surface area contributed by atoms with Gasteiger partial charge in [0.15, 0.2) is 5.13 Å². The van der Waals surface area contributed by atoms with E-state index in [-0.39, 0.29) is 0 Å². The van der Waals surface area contributed by atoms with Gasteiger partial charge in [0.05, 0.1) is 27.5 Å². The number of urea groups is 1. The van der Waals surface area contributed by atoms with Crippen LogP contribution >= 0.6 is 34.5 Å². The predicted molar refractivity (Wildman–Crippen MR) is 140 cm³/mol. The first-order valence-corrected chi connectivity index (χ1v) is 12.0. The maximum absolute atomic E-state index is 12.2. The van der Waals surface area contributed by atoms with Crippen molar-refractivity contribution in [3.8, 4) is 22.1 Å². The molecule has 0 spiro atoms. The number of carbonyl (C=O) groups is 1. The molecule has 0 aliphatic carbocycles. The van der Waals surface area contributed by atoms with Crippen molar-refractivity contribution in [1.82, 2.24) is 9.97 Å². The summed E-state index contributed by atoms with van der Waals surface area (Å²) < 4.78 is 5.82. The zero-order valence-corrected chi connectivity index (χ0v) is 20.5. The van der Waals surface area contributed by atoms with Crippen LogP contribution in [0.5, 0.6) is 11.6 Å². The molecule has 2 aromatic heterocycles. The lowest BCUT2D eigenvalue weighted by atomic mass is 10.2. The van der Waals surface area contributed by atoms with Gasteiger partial charge in [0.2, 0.25) is 5.88 Å². The predicted octanol–water partition coefficient (Wildman–Crippen LogP) is 7.77. The van der Waals surface area contributed by atoms with Crippen LogP contribution in [0.1, 0.15) is 13.3 Å². The van der Waals surface area contributed by atoms with Crippen LogP contribution in [0.2, 0.25) is 10.0 Å². The first-order valence-electron chi connectivity index (χ1n) is 10.5. The summed E-state index contributed by atoms with van der Waals surface area (Å²) in [6.07, 6.45) is 4.43. The number of anilines is 3. The van der Waals surface area contributed by atoms with Crippen LogP contribution < -0.4 is 20.7 Å². The molecule has 2 amide bonds. The molecular formula is C24H21Cl2N5O2S. The van der Waals surface area contributed by atoms with Crippen molar-refractivity contribution >= 4 is 57.1 Å². The quantitative estimate of drug-likeness (QED) is 0.224. The van der Waals surface area contributed by atoms with Gasteiger partial charge < -0.3 is 20.7 Å². The number of rotatable bonds is 8. The van der Waals surface area contributed by atoms with E-state index in [0.29, 0.717) is 33.0 Å². The third kappa shape index (κ3) is 6.38. The first-order chi connectivity index (χ1) is 16.5. The van der Waals surface area contributed by atoms with Gasteiger partial charge in [-0.05, 0) is 60.5 Å². The number of carbonyl (C=O) groups excluding carboxylic acids is 1. The zero-order chi connectivity index (χ0) is 23.9. The van der Waals surface area contributed by atoms with Crippen molar-refractivity contribution in [1.29, 1.82) is 0 Å². The molecule has 0 bridgehead atoms. The number of aromatic nitrogens is 2. The molecule has 10 heteroatoms. The van der Waals surface area contributed by atoms with Gasteiger partial charge in [-0.15, -0.1) is 0 Å². The van der Waals surface area contributed by atoms with Gasteiger partial charge in [0.1, 0.15) is 5.75 Å². The number of nitrogens with zero attached hydrogens (tertiary/aromatic N) is 2. The number of benzene rings is 2. The molecule has 0 atom stereocenters. The summed E-state index contributed by atoms with van der Waals surface area (Å²) >= 11 is 13.6. The van der Waals surface area contributed by atoms with E-state index >= 15 is 0 Å². The molecule has 174 valence electrons. The Morgan fingerprint density at radius 2 is 1.82 bits per heavy atom. The number of halogens is 2. The highest BCUT2D eigenvalue weighted by Crippen LogP contribution is 2.31. The van der Waals surface area contributed by atoms with E-state index in [1.807, 2.05) is 30.5 Å². The summed E-state index contributed by atoms with van der Waals surface area (Å²) in [6, 6.07) is 15.5. The van der Waals surface area contributed by atoms with Crippen LogP contribution in [0, 0.1) is 0 Å². The van der Waals surface area contributed by atoms with Gasteiger partial charge in [-0.2, -0.15) is 0 Å². The molecule has 0 fully saturated rings. The lowest BCUT2D eigenvalue weighted by Crippen LogP contribution is -2.19. The molecule has 4 aromatic rings. The van der Waals surface area contributed by atoms with E-state index in [2.05, 4.69) is 32.8 Å². The second-order valence-corrected chi connectivity index (χ2v) is 9.05. The van der Waals surface area contributed by atoms with Gasteiger partial charge >= 0.3 is 6.03 Å². The van der Waals surface area contributed by atoms with E-state index in [4.69, 9.17) is 27.9 Å². The number of nitrogens with one attached hydrogen (secondary N) is 3. The second-order valence-electron chi connectivity index (χ2n) is 7.17. The van der Waals surface area contributed by atoms with Crippen molar-refractivity contribution < 1.29 is 9.53 Å². The molecular weight excluding hydrogens is 493 g/mol. The first kappa shape index (κ1) is 23.8. The molecule has 2 aromatic carbocycles. The van der Waals surface area contributed by atoms with Gasteiger partial charge in [-0.3, -0.25) is 0 Å². The van der Waals surface area contributed by atoms with E-state index in [9.17, 15) is 4.79 Å². The minimum atomic E-state index is -0.452. The van der Waals surface area contributed by atoms with Crippen LogP contribution in [0.15, 0.2) is 67.0 Å². The normalized spacial score (nSPS) is 10.6. The lowest BCUT2D eigenvalue weighted by molar-refractivity contribution is 0.262. The fraction of sp³-hybridized carbons (Fsp3) is 0.125. The Kier molecular flexibility index (Phi) is 7.84. The molecule has 0 unspecified atom stereocenters. The standard InChI is InChI=1S/C24H21Cl2N5O2S/c1-2-11-27-24-29-14-21(34-24)15-3-7-18(8-4-15)33-22-10-6-17(13-28-22)30-23(32)31-20-9-5-16(25)12-19(20)26/h3-10,12-14H,2,11H2,1H3,(H,27,29)(H2,30,31,32). The third-order valence-corrected chi connectivity index (χ3v) is 6.12. The molecule has 0 aliphatic heterocycles. The number of amides is 2. The lowest BCUT2D eigenvalue weighted by Gasteiger charge is -2.10. The van der Waals surface area contributed by atoms with Crippen molar-refractivity contribution in [2.45, 2.75) is 13.3 Å². The van der Waals surface area contributed by atoms with Crippen LogP contribution in [-0.2, 0) is 0 Å². The molecule has 34 heavy (non-hydrogen) atoms. The molecule has 0 radical (unpaired) electrons. The highest BCUT2D eigenvalue weighted by atomic mass is 35.5. The van der Waals surface area contributed by atoms with Crippen LogP contribution in [0.25, 0.3) is 10.4 Å². The Bertz CT molecular complexity index is 1260. The average molecular weight is 514 g/mol. The Hall–Kier alpha value is -3.33. The topological polar surface area (TPSA) is 88.2 Å². The van der Waals surface area contributed by atoms with Gasteiger partial charge in [-0.25, -0.2) is 14.8 Å². The molecule has 4 rings (SSSR count). The molecule has 0 aliphatic rings. The van der Waals surface area contributed by atoms with Crippen molar-refractivity contribution in [3.63, 3.8) is 0 Å². The van der Waals surface area contributed by atoms with E-state index in [0.717, 1.165) is 28.5 Å². The number of pyridine rings is 1. The molecule has 0 saturated heterocycles. The maximum atomic E-state index is 12.2. The fourth-order valence-corrected chi connectivity index (χ4v) is 4.22. The summed E-state index contributed by atoms with van der Waals surface area (Å²) in [7, 11) is 0. The Balaban J connectivity index is 1.32. The van der Waals surface area contributed by atoms with Crippen molar-refractivity contribution in [2.24, 2.45) is 0 Å². The molecule has 3 N–H and O–H groups in total. The summed E-state index contributed by atoms with van der Waals surface area (Å²) in [5.41, 5.74) is 2.02. The van der Waals surface area contributed by atoms with Crippen molar-refractivity contribution in [3.05, 3.63) is 77.0 Å². The number of hydrogen-bond acceptors (Lipinski definition) is 6. The minimum absolute atomic E-state index is 0.347. The third-order valence-electron chi connectivity index (χ3n) is 4.57. The molecule has 2 heterocycles. The SMILES string of the molecule is CCCNc1ncc(-c2ccc(Oc3ccc(NC(=O)Nc4ccc(Cl)cc4Cl)cn3)cc2)s1. The summed E-state index contributed by atoms with van der Waals surface area (Å²) in [5.74, 6) is 1.06. The Morgan fingerprint density at radius 1 is 1.00 bits per heavy atom. The van der Waals surface area contributed by atoms with Crippen molar-refractivity contribution in [2.75, 3.05) is 22.5 Å². The second kappa shape index (κ2) is 11.2. The minimum Gasteiger partial charge on any atom is -0.439 e. The number of thiazole rings is 1. The summed E-state index contributed by atoms with van der Waals surface area (Å²) in [4.78, 5) is 21.9. The molecule has 0 saturated carbocycles.